The number of methoxy groups -OCH3 is 1. The molecule has 0 spiro atoms. The van der Waals surface area contributed by atoms with Gasteiger partial charge in [-0.15, -0.1) is 0 Å². The quantitative estimate of drug-likeness (QED) is 0.536. The van der Waals surface area contributed by atoms with E-state index in [2.05, 4.69) is 21.4 Å². The van der Waals surface area contributed by atoms with Crippen LogP contribution >= 0.6 is 12.2 Å². The van der Waals surface area contributed by atoms with Gasteiger partial charge in [0.2, 0.25) is 4.77 Å². The van der Waals surface area contributed by atoms with Crippen molar-refractivity contribution in [3.05, 3.63) is 64.4 Å². The molecule has 3 aromatic rings. The van der Waals surface area contributed by atoms with Crippen molar-refractivity contribution in [2.75, 3.05) is 7.11 Å². The number of aliphatic hydroxyl groups excluding tert-OH is 1. The van der Waals surface area contributed by atoms with E-state index < -0.39 is 6.10 Å². The number of aromatic nitrogens is 3. The van der Waals surface area contributed by atoms with Crippen LogP contribution in [0.25, 0.3) is 11.4 Å². The predicted molar refractivity (Wildman–Crippen MR) is 107 cm³/mol. The van der Waals surface area contributed by atoms with E-state index in [9.17, 15) is 5.11 Å². The monoisotopic (exact) mass is 380 g/mol. The number of aliphatic hydroxyl groups is 1. The average Bonchev–Trinajstić information content (AvgIpc) is 3.08. The highest BCUT2D eigenvalue weighted by Crippen LogP contribution is 2.31. The first-order valence-electron chi connectivity index (χ1n) is 8.79. The molecule has 0 radical (unpaired) electrons. The molecule has 4 rings (SSSR count). The molecule has 2 aromatic carbocycles. The molecule has 1 heterocycles. The normalized spacial score (nSPS) is 19.2. The van der Waals surface area contributed by atoms with E-state index in [1.165, 1.54) is 5.56 Å². The number of aromatic amines is 1. The van der Waals surface area contributed by atoms with Gasteiger partial charge in [0.05, 0.1) is 13.2 Å². The van der Waals surface area contributed by atoms with Crippen LogP contribution in [0.3, 0.4) is 0 Å². The Labute approximate surface area is 162 Å². The predicted octanol–water partition coefficient (Wildman–Crippen LogP) is 3.54. The summed E-state index contributed by atoms with van der Waals surface area (Å²) in [5.74, 6) is 1.15. The van der Waals surface area contributed by atoms with E-state index in [1.807, 2.05) is 42.5 Å². The highest BCUT2D eigenvalue weighted by molar-refractivity contribution is 7.71. The van der Waals surface area contributed by atoms with Crippen LogP contribution in [0.2, 0.25) is 0 Å². The number of ether oxygens (including phenoxy) is 1. The maximum absolute atomic E-state index is 10.5. The number of hydrogen-bond acceptors (Lipinski definition) is 5. The molecule has 0 amide bonds. The Balaban J connectivity index is 1.71. The van der Waals surface area contributed by atoms with Crippen molar-refractivity contribution in [2.45, 2.75) is 24.9 Å². The lowest BCUT2D eigenvalue weighted by Crippen LogP contribution is -2.26. The van der Waals surface area contributed by atoms with Crippen LogP contribution in [0, 0.1) is 4.77 Å². The maximum atomic E-state index is 10.5. The van der Waals surface area contributed by atoms with E-state index in [-0.39, 0.29) is 5.92 Å². The number of nitrogens with zero attached hydrogens (tertiary/aromatic N) is 3. The molecule has 0 saturated heterocycles. The summed E-state index contributed by atoms with van der Waals surface area (Å²) in [5.41, 5.74) is 3.20. The second-order valence-corrected chi connectivity index (χ2v) is 6.88. The van der Waals surface area contributed by atoms with Crippen LogP contribution in [0.15, 0.2) is 53.6 Å². The zero-order chi connectivity index (χ0) is 18.8. The van der Waals surface area contributed by atoms with Crippen LogP contribution < -0.4 is 4.74 Å². The Morgan fingerprint density at radius 1 is 1.30 bits per heavy atom. The number of rotatable bonds is 4. The van der Waals surface area contributed by atoms with E-state index in [0.29, 0.717) is 17.0 Å². The minimum atomic E-state index is -0.468. The SMILES string of the molecule is COc1cccc(-c2n[nH]c(=S)n2/N=C\[C@H]2c3ccccc3CC[C@@H]2O)c1. The minimum Gasteiger partial charge on any atom is -0.497 e. The molecule has 7 heteroatoms. The van der Waals surface area contributed by atoms with Gasteiger partial charge in [-0.2, -0.15) is 14.9 Å². The van der Waals surface area contributed by atoms with Crippen LogP contribution in [0.5, 0.6) is 5.75 Å². The number of hydrogen-bond donors (Lipinski definition) is 2. The molecular formula is C20H20N4O2S. The minimum absolute atomic E-state index is 0.176. The van der Waals surface area contributed by atoms with Gasteiger partial charge in [-0.25, -0.2) is 5.10 Å². The standard InChI is InChI=1S/C20H20N4O2S/c1-26-15-7-4-6-14(11-15)19-22-23-20(27)24(19)21-12-17-16-8-3-2-5-13(16)9-10-18(17)25/h2-8,11-12,17-18,25H,9-10H2,1H3,(H,23,27)/b21-12-/t17-,18-/m0/s1. The Morgan fingerprint density at radius 2 is 2.15 bits per heavy atom. The Morgan fingerprint density at radius 3 is 3.00 bits per heavy atom. The lowest BCUT2D eigenvalue weighted by Gasteiger charge is -2.27. The molecule has 1 aliphatic rings. The summed E-state index contributed by atoms with van der Waals surface area (Å²) in [6.07, 6.45) is 2.89. The van der Waals surface area contributed by atoms with E-state index in [1.54, 1.807) is 18.0 Å². The molecular weight excluding hydrogens is 360 g/mol. The van der Waals surface area contributed by atoms with E-state index in [4.69, 9.17) is 17.0 Å². The summed E-state index contributed by atoms with van der Waals surface area (Å²) in [6.45, 7) is 0. The zero-order valence-electron chi connectivity index (χ0n) is 14.9. The fraction of sp³-hybridized carbons (Fsp3) is 0.250. The molecule has 2 atom stereocenters. The number of H-pyrrole nitrogens is 1. The van der Waals surface area contributed by atoms with Gasteiger partial charge in [-0.1, -0.05) is 36.4 Å². The molecule has 6 nitrogen and oxygen atoms in total. The van der Waals surface area contributed by atoms with Gasteiger partial charge in [0.15, 0.2) is 5.82 Å². The molecule has 1 aromatic heterocycles. The number of benzene rings is 2. The van der Waals surface area contributed by atoms with Crippen LogP contribution in [0.4, 0.5) is 0 Å². The molecule has 0 aliphatic heterocycles. The Hall–Kier alpha value is -2.77. The number of fused-ring (bicyclic) bond motifs is 1. The summed E-state index contributed by atoms with van der Waals surface area (Å²) in [5, 5.41) is 22.2. The van der Waals surface area contributed by atoms with Crippen molar-refractivity contribution < 1.29 is 9.84 Å². The highest BCUT2D eigenvalue weighted by atomic mass is 32.1. The van der Waals surface area contributed by atoms with E-state index in [0.717, 1.165) is 23.3 Å². The van der Waals surface area contributed by atoms with Gasteiger partial charge in [0.25, 0.3) is 0 Å². The third kappa shape index (κ3) is 3.43. The lowest BCUT2D eigenvalue weighted by molar-refractivity contribution is 0.149. The molecule has 27 heavy (non-hydrogen) atoms. The second-order valence-electron chi connectivity index (χ2n) is 6.49. The van der Waals surface area contributed by atoms with Crippen LogP contribution in [-0.2, 0) is 6.42 Å². The van der Waals surface area contributed by atoms with E-state index >= 15 is 0 Å². The van der Waals surface area contributed by atoms with Crippen LogP contribution in [0.1, 0.15) is 23.5 Å². The Bertz CT molecular complexity index is 1040. The second kappa shape index (κ2) is 7.46. The zero-order valence-corrected chi connectivity index (χ0v) is 15.7. The summed E-state index contributed by atoms with van der Waals surface area (Å²) in [6, 6.07) is 15.7. The van der Waals surface area contributed by atoms with Gasteiger partial charge in [-0.3, -0.25) is 0 Å². The average molecular weight is 380 g/mol. The number of nitrogens with one attached hydrogen (secondary N) is 1. The first-order chi connectivity index (χ1) is 13.2. The summed E-state index contributed by atoms with van der Waals surface area (Å²) in [7, 11) is 1.62. The summed E-state index contributed by atoms with van der Waals surface area (Å²) < 4.78 is 7.26. The fourth-order valence-corrected chi connectivity index (χ4v) is 3.62. The van der Waals surface area contributed by atoms with Gasteiger partial charge < -0.3 is 9.84 Å². The van der Waals surface area contributed by atoms with Crippen molar-refractivity contribution in [1.82, 2.24) is 14.9 Å². The smallest absolute Gasteiger partial charge is 0.216 e. The molecule has 1 aliphatic carbocycles. The highest BCUT2D eigenvalue weighted by Gasteiger charge is 2.26. The summed E-state index contributed by atoms with van der Waals surface area (Å²) >= 11 is 5.35. The van der Waals surface area contributed by atoms with Gasteiger partial charge in [0.1, 0.15) is 5.75 Å². The van der Waals surface area contributed by atoms with Crippen LogP contribution in [-0.4, -0.2) is 39.4 Å². The Kier molecular flexibility index (Phi) is 4.87. The molecule has 0 unspecified atom stereocenters. The molecule has 0 saturated carbocycles. The van der Waals surface area contributed by atoms with Crippen molar-refractivity contribution in [2.24, 2.45) is 5.10 Å². The molecule has 0 fully saturated rings. The molecule has 138 valence electrons. The largest absolute Gasteiger partial charge is 0.497 e. The van der Waals surface area contributed by atoms with Gasteiger partial charge in [-0.05, 0) is 48.3 Å². The van der Waals surface area contributed by atoms with Gasteiger partial charge in [0, 0.05) is 17.7 Å². The summed E-state index contributed by atoms with van der Waals surface area (Å²) in [4.78, 5) is 0. The van der Waals surface area contributed by atoms with Crippen molar-refractivity contribution in [1.29, 1.82) is 0 Å². The maximum Gasteiger partial charge on any atom is 0.216 e. The molecule has 2 N–H and O–H groups in total. The first-order valence-corrected chi connectivity index (χ1v) is 9.20. The third-order valence-electron chi connectivity index (χ3n) is 4.86. The van der Waals surface area contributed by atoms with Gasteiger partial charge >= 0.3 is 0 Å². The first kappa shape index (κ1) is 17.6. The number of aryl methyl sites for hydroxylation is 1. The van der Waals surface area contributed by atoms with Crippen molar-refractivity contribution >= 4 is 18.4 Å². The van der Waals surface area contributed by atoms with Crippen molar-refractivity contribution in [3.63, 3.8) is 0 Å². The lowest BCUT2D eigenvalue weighted by atomic mass is 9.81. The fourth-order valence-electron chi connectivity index (χ4n) is 3.44. The van der Waals surface area contributed by atoms with Crippen molar-refractivity contribution in [3.8, 4) is 17.1 Å². The topological polar surface area (TPSA) is 75.4 Å². The third-order valence-corrected chi connectivity index (χ3v) is 5.12. The molecule has 0 bridgehead atoms.